The second-order valence-corrected chi connectivity index (χ2v) is 10.9. The van der Waals surface area contributed by atoms with E-state index in [1.165, 1.54) is 17.8 Å². The van der Waals surface area contributed by atoms with Crippen LogP contribution in [0, 0.1) is 12.3 Å². The lowest BCUT2D eigenvalue weighted by atomic mass is 9.88. The molecule has 5 atom stereocenters. The van der Waals surface area contributed by atoms with Gasteiger partial charge in [-0.15, -0.1) is 6.42 Å². The van der Waals surface area contributed by atoms with Gasteiger partial charge in [-0.2, -0.15) is 4.98 Å². The Bertz CT molecular complexity index is 1690. The van der Waals surface area contributed by atoms with Gasteiger partial charge in [-0.1, -0.05) is 73.5 Å². The second kappa shape index (κ2) is 12.8. The van der Waals surface area contributed by atoms with Crippen molar-refractivity contribution in [2.45, 2.75) is 62.2 Å². The third-order valence-corrected chi connectivity index (χ3v) is 8.04. The molecule has 0 aliphatic carbocycles. The topological polar surface area (TPSA) is 157 Å². The van der Waals surface area contributed by atoms with Gasteiger partial charge in [-0.25, -0.2) is 14.8 Å². The van der Waals surface area contributed by atoms with Gasteiger partial charge in [0.2, 0.25) is 10.9 Å². The minimum atomic E-state index is -2.32. The second-order valence-electron chi connectivity index (χ2n) is 10.6. The zero-order chi connectivity index (χ0) is 31.5. The van der Waals surface area contributed by atoms with E-state index in [1.54, 1.807) is 30.3 Å². The summed E-state index contributed by atoms with van der Waals surface area (Å²) in [6.07, 6.45) is 3.37. The van der Waals surface area contributed by atoms with Crippen LogP contribution in [0.4, 0.5) is 0 Å². The van der Waals surface area contributed by atoms with E-state index >= 15 is 0 Å². The van der Waals surface area contributed by atoms with E-state index in [1.807, 2.05) is 30.3 Å². The van der Waals surface area contributed by atoms with E-state index in [4.69, 9.17) is 27.5 Å². The SMILES string of the molecule is C#C[C@@]1(O)[C@@H](COC(Cc2ccccc2)(C(=O)O)C(=O)CC)O[C@@H](n2cnc3c(CCc4ccccc4)nc(Cl)nc32)[C@@H]1O. The van der Waals surface area contributed by atoms with Crippen molar-refractivity contribution in [3.05, 3.63) is 89.1 Å². The number of aliphatic hydroxyl groups excluding tert-OH is 1. The van der Waals surface area contributed by atoms with Gasteiger partial charge in [0.05, 0.1) is 18.6 Å². The molecule has 0 spiro atoms. The zero-order valence-electron chi connectivity index (χ0n) is 23.8. The predicted molar refractivity (Wildman–Crippen MR) is 160 cm³/mol. The number of hydrogen-bond donors (Lipinski definition) is 3. The molecule has 0 bridgehead atoms. The fraction of sp³-hybridized carbons (Fsp3) is 0.344. The highest BCUT2D eigenvalue weighted by Crippen LogP contribution is 2.39. The van der Waals surface area contributed by atoms with E-state index in [9.17, 15) is 24.9 Å². The van der Waals surface area contributed by atoms with E-state index in [-0.39, 0.29) is 23.8 Å². The van der Waals surface area contributed by atoms with Crippen molar-refractivity contribution in [3.63, 3.8) is 0 Å². The van der Waals surface area contributed by atoms with Crippen LogP contribution in [-0.2, 0) is 38.3 Å². The van der Waals surface area contributed by atoms with Gasteiger partial charge in [0.25, 0.3) is 0 Å². The average molecular weight is 619 g/mol. The molecule has 11 nitrogen and oxygen atoms in total. The van der Waals surface area contributed by atoms with Crippen LogP contribution in [0.3, 0.4) is 0 Å². The molecule has 228 valence electrons. The number of imidazole rings is 1. The molecule has 2 aromatic carbocycles. The average Bonchev–Trinajstić information content (AvgIpc) is 3.56. The summed E-state index contributed by atoms with van der Waals surface area (Å²) in [6.45, 7) is 0.910. The number of fused-ring (bicyclic) bond motifs is 1. The highest BCUT2D eigenvalue weighted by atomic mass is 35.5. The molecular weight excluding hydrogens is 588 g/mol. The Hall–Kier alpha value is -4.18. The van der Waals surface area contributed by atoms with E-state index in [2.05, 4.69) is 20.9 Å². The van der Waals surface area contributed by atoms with Crippen LogP contribution in [-0.4, -0.2) is 76.6 Å². The molecule has 1 aliphatic rings. The van der Waals surface area contributed by atoms with Gasteiger partial charge < -0.3 is 24.8 Å². The summed E-state index contributed by atoms with van der Waals surface area (Å²) in [5, 5.41) is 32.8. The first-order chi connectivity index (χ1) is 21.1. The number of terminal acetylenes is 1. The number of hydrogen-bond acceptors (Lipinski definition) is 9. The zero-order valence-corrected chi connectivity index (χ0v) is 24.6. The van der Waals surface area contributed by atoms with Crippen molar-refractivity contribution >= 4 is 34.5 Å². The summed E-state index contributed by atoms with van der Waals surface area (Å²) in [6, 6.07) is 18.4. The summed E-state index contributed by atoms with van der Waals surface area (Å²) < 4.78 is 13.2. The van der Waals surface area contributed by atoms with Crippen molar-refractivity contribution in [1.82, 2.24) is 19.5 Å². The van der Waals surface area contributed by atoms with Crippen molar-refractivity contribution in [2.75, 3.05) is 6.61 Å². The molecule has 1 aliphatic heterocycles. The minimum absolute atomic E-state index is 0.0490. The Morgan fingerprint density at radius 2 is 1.77 bits per heavy atom. The maximum absolute atomic E-state index is 13.0. The van der Waals surface area contributed by atoms with E-state index < -0.39 is 48.0 Å². The first kappa shape index (κ1) is 31.3. The van der Waals surface area contributed by atoms with Crippen LogP contribution in [0.25, 0.3) is 11.2 Å². The van der Waals surface area contributed by atoms with Crippen LogP contribution >= 0.6 is 11.6 Å². The predicted octanol–water partition coefficient (Wildman–Crippen LogP) is 2.95. The van der Waals surface area contributed by atoms with E-state index in [0.717, 1.165) is 5.56 Å². The number of halogens is 1. The number of carboxylic acid groups (broad SMARTS) is 1. The van der Waals surface area contributed by atoms with Gasteiger partial charge in [0, 0.05) is 12.8 Å². The van der Waals surface area contributed by atoms with Crippen LogP contribution < -0.4 is 0 Å². The summed E-state index contributed by atoms with van der Waals surface area (Å²) in [4.78, 5) is 38.7. The van der Waals surface area contributed by atoms with Gasteiger partial charge in [0.1, 0.15) is 17.7 Å². The Morgan fingerprint density at radius 1 is 1.11 bits per heavy atom. The van der Waals surface area contributed by atoms with Gasteiger partial charge >= 0.3 is 5.97 Å². The molecule has 44 heavy (non-hydrogen) atoms. The molecule has 4 aromatic rings. The number of aliphatic carboxylic acids is 1. The molecule has 3 heterocycles. The molecule has 1 saturated heterocycles. The number of ether oxygens (including phenoxy) is 2. The molecular formula is C32H31ClN4O7. The van der Waals surface area contributed by atoms with Crippen LogP contribution in [0.5, 0.6) is 0 Å². The lowest BCUT2D eigenvalue weighted by molar-refractivity contribution is -0.181. The number of aliphatic hydroxyl groups is 2. The maximum atomic E-state index is 13.0. The number of ketones is 1. The number of carbonyl (C=O) groups excluding carboxylic acids is 1. The van der Waals surface area contributed by atoms with Gasteiger partial charge in [0.15, 0.2) is 23.3 Å². The van der Waals surface area contributed by atoms with Crippen LogP contribution in [0.2, 0.25) is 5.28 Å². The fourth-order valence-corrected chi connectivity index (χ4v) is 5.59. The molecule has 5 rings (SSSR count). The smallest absolute Gasteiger partial charge is 0.344 e. The normalized spacial score (nSPS) is 22.8. The number of aryl methyl sites for hydroxylation is 2. The fourth-order valence-electron chi connectivity index (χ4n) is 5.40. The number of aromatic nitrogens is 4. The minimum Gasteiger partial charge on any atom is -0.479 e. The van der Waals surface area contributed by atoms with E-state index in [0.29, 0.717) is 29.6 Å². The Morgan fingerprint density at radius 3 is 2.39 bits per heavy atom. The Balaban J connectivity index is 1.43. The molecule has 1 unspecified atom stereocenters. The van der Waals surface area contributed by atoms with Crippen LogP contribution in [0.1, 0.15) is 36.4 Å². The largest absolute Gasteiger partial charge is 0.479 e. The highest BCUT2D eigenvalue weighted by molar-refractivity contribution is 6.28. The molecule has 0 radical (unpaired) electrons. The summed E-state index contributed by atoms with van der Waals surface area (Å²) in [5.41, 5.74) is -1.72. The quantitative estimate of drug-likeness (QED) is 0.122. The van der Waals surface area contributed by atoms with Crippen molar-refractivity contribution < 1.29 is 34.4 Å². The molecule has 12 heteroatoms. The standard InChI is InChI=1S/C32H31ClN4O7/c1-3-23(38)32(29(40)41,17-21-13-9-6-10-14-21)43-18-24-31(42,4-2)26(39)28(44-24)37-19-34-25-22(35-30(33)36-27(25)37)16-15-20-11-7-5-8-12-20/h2,5-14,19,24,26,28,39,42H,3,15-18H2,1H3,(H,40,41)/t24-,26+,28-,31-,32?/m1/s1. The molecule has 3 N–H and O–H groups in total. The number of rotatable bonds is 12. The summed E-state index contributed by atoms with van der Waals surface area (Å²) >= 11 is 6.27. The lowest BCUT2D eigenvalue weighted by Gasteiger charge is -2.31. The van der Waals surface area contributed by atoms with Crippen molar-refractivity contribution in [1.29, 1.82) is 0 Å². The third-order valence-electron chi connectivity index (χ3n) is 7.87. The molecule has 0 saturated carbocycles. The number of carbonyl (C=O) groups is 2. The highest BCUT2D eigenvalue weighted by Gasteiger charge is 2.57. The first-order valence-corrected chi connectivity index (χ1v) is 14.4. The molecule has 1 fully saturated rings. The number of nitrogens with zero attached hydrogens (tertiary/aromatic N) is 4. The van der Waals surface area contributed by atoms with Gasteiger partial charge in [-0.05, 0) is 35.6 Å². The Kier molecular flexibility index (Phi) is 9.10. The lowest BCUT2D eigenvalue weighted by Crippen LogP contribution is -2.54. The summed E-state index contributed by atoms with van der Waals surface area (Å²) in [7, 11) is 0. The number of carboxylic acids is 1. The third kappa shape index (κ3) is 5.83. The van der Waals surface area contributed by atoms with Crippen molar-refractivity contribution in [2.24, 2.45) is 0 Å². The monoisotopic (exact) mass is 618 g/mol. The van der Waals surface area contributed by atoms with Crippen molar-refractivity contribution in [3.8, 4) is 12.3 Å². The first-order valence-electron chi connectivity index (χ1n) is 14.0. The molecule has 0 amide bonds. The summed E-state index contributed by atoms with van der Waals surface area (Å²) in [5.74, 6) is 0.000144. The van der Waals surface area contributed by atoms with Crippen LogP contribution in [0.15, 0.2) is 67.0 Å². The molecule has 2 aromatic heterocycles. The number of Topliss-reactive ketones (excluding diaryl/α,β-unsaturated/α-hetero) is 1. The maximum Gasteiger partial charge on any atom is 0.344 e. The number of benzene rings is 2. The Labute approximate surface area is 258 Å². The van der Waals surface area contributed by atoms with Gasteiger partial charge in [-0.3, -0.25) is 9.36 Å².